The lowest BCUT2D eigenvalue weighted by molar-refractivity contribution is 0.112. The number of carbonyl (C=O) groups excluding carboxylic acids is 1. The van der Waals surface area contributed by atoms with E-state index in [-0.39, 0.29) is 0 Å². The maximum atomic E-state index is 11.2. The second-order valence-corrected chi connectivity index (χ2v) is 8.36. The van der Waals surface area contributed by atoms with E-state index in [0.29, 0.717) is 5.56 Å². The van der Waals surface area contributed by atoms with E-state index in [2.05, 4.69) is 63.8 Å². The van der Waals surface area contributed by atoms with Gasteiger partial charge in [-0.1, -0.05) is 44.9 Å². The van der Waals surface area contributed by atoms with Crippen LogP contribution in [-0.2, 0) is 0 Å². The Kier molecular flexibility index (Phi) is 7.40. The van der Waals surface area contributed by atoms with Crippen LogP contribution in [0.3, 0.4) is 0 Å². The molecule has 0 aliphatic carbocycles. The molecule has 0 aliphatic rings. The Labute approximate surface area is 196 Å². The molecule has 4 rings (SSSR count). The van der Waals surface area contributed by atoms with Crippen LogP contribution in [0.4, 0.5) is 17.1 Å². The molecule has 0 aliphatic heterocycles. The van der Waals surface area contributed by atoms with Crippen molar-refractivity contribution in [3.8, 4) is 11.3 Å². The molecule has 0 fully saturated rings. The summed E-state index contributed by atoms with van der Waals surface area (Å²) in [6.07, 6.45) is 9.52. The van der Waals surface area contributed by atoms with Gasteiger partial charge >= 0.3 is 0 Å². The van der Waals surface area contributed by atoms with Gasteiger partial charge in [0, 0.05) is 42.4 Å². The van der Waals surface area contributed by atoms with Crippen LogP contribution >= 0.6 is 0 Å². The third-order valence-corrected chi connectivity index (χ3v) is 5.90. The van der Waals surface area contributed by atoms with E-state index in [1.165, 1.54) is 24.9 Å². The Balaban J connectivity index is 1.56. The Morgan fingerprint density at radius 1 is 0.970 bits per heavy atom. The Morgan fingerprint density at radius 2 is 1.82 bits per heavy atom. The highest BCUT2D eigenvalue weighted by Crippen LogP contribution is 2.28. The van der Waals surface area contributed by atoms with E-state index in [1.807, 2.05) is 36.5 Å². The molecule has 4 aromatic rings. The molecule has 0 saturated heterocycles. The van der Waals surface area contributed by atoms with Crippen molar-refractivity contribution in [2.45, 2.75) is 39.5 Å². The first-order valence-electron chi connectivity index (χ1n) is 11.9. The van der Waals surface area contributed by atoms with E-state index < -0.39 is 0 Å². The third kappa shape index (κ3) is 5.25. The lowest BCUT2D eigenvalue weighted by atomic mass is 10.1. The number of hydrogen-bond donors (Lipinski definition) is 1. The van der Waals surface area contributed by atoms with Crippen molar-refractivity contribution in [1.29, 1.82) is 0 Å². The van der Waals surface area contributed by atoms with Crippen LogP contribution in [0.25, 0.3) is 16.9 Å². The van der Waals surface area contributed by atoms with Gasteiger partial charge in [0.2, 0.25) is 0 Å². The zero-order chi connectivity index (χ0) is 23.0. The molecule has 0 bridgehead atoms. The van der Waals surface area contributed by atoms with Gasteiger partial charge in [-0.3, -0.25) is 9.20 Å². The Bertz CT molecular complexity index is 1200. The maximum absolute atomic E-state index is 11.2. The van der Waals surface area contributed by atoms with Gasteiger partial charge in [-0.25, -0.2) is 4.98 Å². The minimum Gasteiger partial charge on any atom is -0.372 e. The van der Waals surface area contributed by atoms with Crippen LogP contribution in [0.1, 0.15) is 49.9 Å². The van der Waals surface area contributed by atoms with Gasteiger partial charge in [-0.2, -0.15) is 0 Å². The van der Waals surface area contributed by atoms with Crippen LogP contribution in [0.5, 0.6) is 0 Å². The highest BCUT2D eigenvalue weighted by molar-refractivity contribution is 5.81. The molecule has 5 nitrogen and oxygen atoms in total. The number of carbonyl (C=O) groups is 1. The van der Waals surface area contributed by atoms with Gasteiger partial charge in [-0.05, 0) is 60.9 Å². The number of nitrogens with one attached hydrogen (secondary N) is 1. The molecule has 0 radical (unpaired) electrons. The summed E-state index contributed by atoms with van der Waals surface area (Å²) >= 11 is 0. The predicted molar refractivity (Wildman–Crippen MR) is 138 cm³/mol. The van der Waals surface area contributed by atoms with Gasteiger partial charge < -0.3 is 10.2 Å². The highest BCUT2D eigenvalue weighted by Gasteiger charge is 2.10. The average molecular weight is 441 g/mol. The number of unbranched alkanes of at least 4 members (excludes halogenated alkanes) is 2. The summed E-state index contributed by atoms with van der Waals surface area (Å²) in [5.41, 5.74) is 6.73. The number of fused-ring (bicyclic) bond motifs is 1. The highest BCUT2D eigenvalue weighted by atomic mass is 16.1. The van der Waals surface area contributed by atoms with Crippen molar-refractivity contribution in [3.05, 3.63) is 78.6 Å². The Hall–Kier alpha value is -3.60. The number of benzene rings is 2. The molecular formula is C28H32N4O. The molecule has 5 heteroatoms. The standard InChI is InChI=1S/C28H32N4O/c1-3-5-6-18-31(17-4-2)25-12-10-24(11-13-25)30-26-14-15-27(32-19-16-29-28(26)32)23-9-7-8-22(20-23)21-33/h7-16,19-21,30H,3-6,17-18H2,1-2H3. The van der Waals surface area contributed by atoms with Gasteiger partial charge in [-0.15, -0.1) is 0 Å². The number of rotatable bonds is 11. The number of pyridine rings is 1. The number of imidazole rings is 1. The van der Waals surface area contributed by atoms with Gasteiger partial charge in [0.25, 0.3) is 0 Å². The van der Waals surface area contributed by atoms with Crippen LogP contribution < -0.4 is 10.2 Å². The summed E-state index contributed by atoms with van der Waals surface area (Å²) in [4.78, 5) is 18.3. The van der Waals surface area contributed by atoms with E-state index >= 15 is 0 Å². The normalized spacial score (nSPS) is 11.0. The first-order chi connectivity index (χ1) is 16.2. The summed E-state index contributed by atoms with van der Waals surface area (Å²) in [5.74, 6) is 0. The molecule has 170 valence electrons. The first kappa shape index (κ1) is 22.6. The Morgan fingerprint density at radius 3 is 2.58 bits per heavy atom. The molecule has 0 unspecified atom stereocenters. The molecule has 2 heterocycles. The van der Waals surface area contributed by atoms with Crippen molar-refractivity contribution < 1.29 is 4.79 Å². The van der Waals surface area contributed by atoms with E-state index in [9.17, 15) is 4.79 Å². The minimum atomic E-state index is 0.662. The smallest absolute Gasteiger partial charge is 0.161 e. The average Bonchev–Trinajstić information content (AvgIpc) is 3.35. The quantitative estimate of drug-likeness (QED) is 0.202. The van der Waals surface area contributed by atoms with Gasteiger partial charge in [0.05, 0.1) is 11.4 Å². The lowest BCUT2D eigenvalue weighted by Gasteiger charge is -2.24. The molecule has 33 heavy (non-hydrogen) atoms. The predicted octanol–water partition coefficient (Wildman–Crippen LogP) is 6.96. The zero-order valence-corrected chi connectivity index (χ0v) is 19.5. The summed E-state index contributed by atoms with van der Waals surface area (Å²) in [7, 11) is 0. The summed E-state index contributed by atoms with van der Waals surface area (Å²) in [6.45, 7) is 6.67. The van der Waals surface area contributed by atoms with Crippen LogP contribution in [0.2, 0.25) is 0 Å². The van der Waals surface area contributed by atoms with Gasteiger partial charge in [0.15, 0.2) is 5.65 Å². The molecule has 0 saturated carbocycles. The molecular weight excluding hydrogens is 408 g/mol. The number of aromatic nitrogens is 2. The second-order valence-electron chi connectivity index (χ2n) is 8.36. The molecule has 0 spiro atoms. The molecule has 2 aromatic heterocycles. The fourth-order valence-electron chi connectivity index (χ4n) is 4.22. The van der Waals surface area contributed by atoms with Crippen molar-refractivity contribution in [2.24, 2.45) is 0 Å². The monoisotopic (exact) mass is 440 g/mol. The summed E-state index contributed by atoms with van der Waals surface area (Å²) in [5, 5.41) is 3.53. The number of nitrogens with zero attached hydrogens (tertiary/aromatic N) is 3. The largest absolute Gasteiger partial charge is 0.372 e. The third-order valence-electron chi connectivity index (χ3n) is 5.90. The van der Waals surface area contributed by atoms with Crippen LogP contribution in [0, 0.1) is 0 Å². The topological polar surface area (TPSA) is 49.6 Å². The molecule has 0 atom stereocenters. The van der Waals surface area contributed by atoms with Crippen LogP contribution in [0.15, 0.2) is 73.1 Å². The first-order valence-corrected chi connectivity index (χ1v) is 11.9. The molecule has 0 amide bonds. The fraction of sp³-hybridized carbons (Fsp3) is 0.286. The van der Waals surface area contributed by atoms with E-state index in [1.54, 1.807) is 6.20 Å². The fourth-order valence-corrected chi connectivity index (χ4v) is 4.22. The van der Waals surface area contributed by atoms with Crippen molar-refractivity contribution in [3.63, 3.8) is 0 Å². The maximum Gasteiger partial charge on any atom is 0.161 e. The zero-order valence-electron chi connectivity index (χ0n) is 19.5. The van der Waals surface area contributed by atoms with Crippen molar-refractivity contribution in [2.75, 3.05) is 23.3 Å². The summed E-state index contributed by atoms with van der Waals surface area (Å²) < 4.78 is 2.05. The van der Waals surface area contributed by atoms with Crippen LogP contribution in [-0.4, -0.2) is 28.8 Å². The SMILES string of the molecule is CCCCCN(CCC)c1ccc(Nc2ccc(-c3cccc(C=O)c3)n3ccnc23)cc1. The minimum absolute atomic E-state index is 0.662. The van der Waals surface area contributed by atoms with Crippen molar-refractivity contribution in [1.82, 2.24) is 9.38 Å². The lowest BCUT2D eigenvalue weighted by Crippen LogP contribution is -2.25. The summed E-state index contributed by atoms with van der Waals surface area (Å²) in [6, 6.07) is 20.4. The number of anilines is 3. The van der Waals surface area contributed by atoms with Gasteiger partial charge in [0.1, 0.15) is 6.29 Å². The molecule has 1 N–H and O–H groups in total. The van der Waals surface area contributed by atoms with E-state index in [4.69, 9.17) is 0 Å². The second kappa shape index (κ2) is 10.8. The number of hydrogen-bond acceptors (Lipinski definition) is 4. The van der Waals surface area contributed by atoms with Crippen molar-refractivity contribution >= 4 is 29.0 Å². The molecule has 2 aromatic carbocycles. The van der Waals surface area contributed by atoms with E-state index in [0.717, 1.165) is 54.1 Å². The number of aldehydes is 1.